The molecule has 1 unspecified atom stereocenters. The van der Waals surface area contributed by atoms with Gasteiger partial charge in [0.15, 0.2) is 0 Å². The summed E-state index contributed by atoms with van der Waals surface area (Å²) in [5, 5.41) is 0. The van der Waals surface area contributed by atoms with E-state index >= 15 is 0 Å². The van der Waals surface area contributed by atoms with E-state index in [0.29, 0.717) is 28.7 Å². The Morgan fingerprint density at radius 3 is 2.68 bits per heavy atom. The topological polar surface area (TPSA) is 65.2 Å². The molecule has 0 aliphatic heterocycles. The van der Waals surface area contributed by atoms with E-state index in [9.17, 15) is 4.21 Å². The molecule has 2 rings (SSSR count). The van der Waals surface area contributed by atoms with Gasteiger partial charge in [0, 0.05) is 18.1 Å². The van der Waals surface area contributed by atoms with E-state index < -0.39 is 10.8 Å². The van der Waals surface area contributed by atoms with E-state index in [1.807, 2.05) is 19.1 Å². The molecule has 4 nitrogen and oxygen atoms in total. The lowest BCUT2D eigenvalue weighted by Gasteiger charge is -2.09. The number of hydrogen-bond donors (Lipinski definition) is 1. The number of nitrogen functional groups attached to an aromatic ring is 1. The molecular formula is C14H16N2O2S. The normalized spacial score (nSPS) is 12.1. The first-order valence-corrected chi connectivity index (χ1v) is 7.32. The van der Waals surface area contributed by atoms with Gasteiger partial charge < -0.3 is 10.5 Å². The van der Waals surface area contributed by atoms with Gasteiger partial charge in [0.05, 0.1) is 28.1 Å². The molecule has 1 atom stereocenters. The highest BCUT2D eigenvalue weighted by atomic mass is 32.2. The predicted molar refractivity (Wildman–Crippen MR) is 76.4 cm³/mol. The van der Waals surface area contributed by atoms with Gasteiger partial charge in [-0.25, -0.2) is 0 Å². The summed E-state index contributed by atoms with van der Waals surface area (Å²) >= 11 is 0. The lowest BCUT2D eigenvalue weighted by Crippen LogP contribution is -2.02. The summed E-state index contributed by atoms with van der Waals surface area (Å²) in [5.74, 6) is 1.11. The third-order valence-corrected chi connectivity index (χ3v) is 4.03. The molecule has 19 heavy (non-hydrogen) atoms. The molecule has 0 saturated carbocycles. The number of nitrogens with zero attached hydrogens (tertiary/aromatic N) is 1. The summed E-state index contributed by atoms with van der Waals surface area (Å²) in [6.07, 6.45) is 3.37. The van der Waals surface area contributed by atoms with Gasteiger partial charge in [-0.2, -0.15) is 0 Å². The number of anilines is 1. The molecule has 0 aliphatic rings. The molecule has 1 aromatic carbocycles. The van der Waals surface area contributed by atoms with Crippen molar-refractivity contribution in [3.05, 3.63) is 48.3 Å². The molecule has 100 valence electrons. The Morgan fingerprint density at radius 2 is 2.00 bits per heavy atom. The number of ether oxygens (including phenoxy) is 1. The number of pyridine rings is 1. The molecule has 0 radical (unpaired) electrons. The molecule has 0 bridgehead atoms. The van der Waals surface area contributed by atoms with Crippen molar-refractivity contribution in [3.63, 3.8) is 0 Å². The third kappa shape index (κ3) is 3.54. The predicted octanol–water partition coefficient (Wildman–Crippen LogP) is 2.37. The van der Waals surface area contributed by atoms with E-state index in [4.69, 9.17) is 10.5 Å². The molecule has 2 aromatic rings. The standard InChI is InChI=1S/C14H16N2O2S/c1-2-18-12-3-4-13(15)14(9-12)19(17)10-11-5-7-16-8-6-11/h3-9H,2,10,15H2,1H3. The molecule has 1 aromatic heterocycles. The van der Waals surface area contributed by atoms with Gasteiger partial charge in [-0.1, -0.05) is 0 Å². The number of rotatable bonds is 5. The van der Waals surface area contributed by atoms with Gasteiger partial charge in [-0.15, -0.1) is 0 Å². The van der Waals surface area contributed by atoms with Gasteiger partial charge in [0.2, 0.25) is 0 Å². The highest BCUT2D eigenvalue weighted by Crippen LogP contribution is 2.24. The van der Waals surface area contributed by atoms with Crippen LogP contribution in [0, 0.1) is 0 Å². The molecule has 0 aliphatic carbocycles. The maximum atomic E-state index is 12.3. The Balaban J connectivity index is 2.21. The second-order valence-electron chi connectivity index (χ2n) is 3.98. The minimum absolute atomic E-state index is 0.419. The molecule has 5 heteroatoms. The molecule has 0 spiro atoms. The van der Waals surface area contributed by atoms with Crippen LogP contribution in [-0.4, -0.2) is 15.8 Å². The van der Waals surface area contributed by atoms with Gasteiger partial charge in [-0.3, -0.25) is 9.19 Å². The van der Waals surface area contributed by atoms with E-state index in [2.05, 4.69) is 4.98 Å². The Kier molecular flexibility index (Phi) is 4.52. The zero-order valence-electron chi connectivity index (χ0n) is 10.7. The van der Waals surface area contributed by atoms with Crippen LogP contribution >= 0.6 is 0 Å². The number of nitrogens with two attached hydrogens (primary N) is 1. The largest absolute Gasteiger partial charge is 0.494 e. The summed E-state index contributed by atoms with van der Waals surface area (Å²) < 4.78 is 17.7. The molecule has 0 amide bonds. The van der Waals surface area contributed by atoms with Crippen LogP contribution in [0.2, 0.25) is 0 Å². The quantitative estimate of drug-likeness (QED) is 0.851. The number of aromatic nitrogens is 1. The van der Waals surface area contributed by atoms with Crippen LogP contribution in [0.5, 0.6) is 5.75 Å². The van der Waals surface area contributed by atoms with Crippen LogP contribution in [-0.2, 0) is 16.6 Å². The fourth-order valence-electron chi connectivity index (χ4n) is 1.68. The van der Waals surface area contributed by atoms with Crippen molar-refractivity contribution in [1.29, 1.82) is 0 Å². The average molecular weight is 276 g/mol. The maximum Gasteiger partial charge on any atom is 0.120 e. The summed E-state index contributed by atoms with van der Waals surface area (Å²) in [5.41, 5.74) is 7.37. The van der Waals surface area contributed by atoms with Crippen molar-refractivity contribution in [2.75, 3.05) is 12.3 Å². The van der Waals surface area contributed by atoms with E-state index in [1.54, 1.807) is 30.6 Å². The summed E-state index contributed by atoms with van der Waals surface area (Å²) in [4.78, 5) is 4.55. The van der Waals surface area contributed by atoms with Crippen LogP contribution in [0.3, 0.4) is 0 Å². The van der Waals surface area contributed by atoms with Crippen molar-refractivity contribution in [2.45, 2.75) is 17.6 Å². The van der Waals surface area contributed by atoms with Crippen molar-refractivity contribution < 1.29 is 8.95 Å². The maximum absolute atomic E-state index is 12.3. The Hall–Kier alpha value is -1.88. The van der Waals surface area contributed by atoms with Gasteiger partial charge in [0.25, 0.3) is 0 Å². The Labute approximate surface area is 115 Å². The first-order chi connectivity index (χ1) is 9.20. The first kappa shape index (κ1) is 13.5. The zero-order chi connectivity index (χ0) is 13.7. The Morgan fingerprint density at radius 1 is 1.26 bits per heavy atom. The second kappa shape index (κ2) is 6.33. The highest BCUT2D eigenvalue weighted by Gasteiger charge is 2.10. The number of benzene rings is 1. The minimum atomic E-state index is -1.19. The van der Waals surface area contributed by atoms with E-state index in [1.165, 1.54) is 0 Å². The monoisotopic (exact) mass is 276 g/mol. The van der Waals surface area contributed by atoms with E-state index in [-0.39, 0.29) is 0 Å². The van der Waals surface area contributed by atoms with Gasteiger partial charge >= 0.3 is 0 Å². The highest BCUT2D eigenvalue weighted by molar-refractivity contribution is 7.84. The van der Waals surface area contributed by atoms with E-state index in [0.717, 1.165) is 5.56 Å². The zero-order valence-corrected chi connectivity index (χ0v) is 11.5. The van der Waals surface area contributed by atoms with Crippen LogP contribution in [0.15, 0.2) is 47.6 Å². The SMILES string of the molecule is CCOc1ccc(N)c(S(=O)Cc2ccncc2)c1. The molecule has 2 N–H and O–H groups in total. The summed E-state index contributed by atoms with van der Waals surface area (Å²) in [6, 6.07) is 8.95. The fourth-order valence-corrected chi connectivity index (χ4v) is 2.91. The average Bonchev–Trinajstić information content (AvgIpc) is 2.42. The van der Waals surface area contributed by atoms with Gasteiger partial charge in [0.1, 0.15) is 5.75 Å². The van der Waals surface area contributed by atoms with Gasteiger partial charge in [-0.05, 0) is 42.8 Å². The minimum Gasteiger partial charge on any atom is -0.494 e. The van der Waals surface area contributed by atoms with Crippen LogP contribution in [0.1, 0.15) is 12.5 Å². The van der Waals surface area contributed by atoms with Crippen LogP contribution < -0.4 is 10.5 Å². The molecular weight excluding hydrogens is 260 g/mol. The van der Waals surface area contributed by atoms with Crippen LogP contribution in [0.25, 0.3) is 0 Å². The second-order valence-corrected chi connectivity index (χ2v) is 5.40. The molecule has 0 saturated heterocycles. The third-order valence-electron chi connectivity index (χ3n) is 2.59. The summed E-state index contributed by atoms with van der Waals surface area (Å²) in [7, 11) is -1.19. The Bertz CT molecular complexity index is 573. The molecule has 1 heterocycles. The lowest BCUT2D eigenvalue weighted by atomic mass is 10.3. The van der Waals surface area contributed by atoms with Crippen LogP contribution in [0.4, 0.5) is 5.69 Å². The van der Waals surface area contributed by atoms with Crippen molar-refractivity contribution in [2.24, 2.45) is 0 Å². The van der Waals surface area contributed by atoms with Crippen molar-refractivity contribution in [3.8, 4) is 5.75 Å². The molecule has 0 fully saturated rings. The van der Waals surface area contributed by atoms with Crippen molar-refractivity contribution in [1.82, 2.24) is 4.98 Å². The summed E-state index contributed by atoms with van der Waals surface area (Å²) in [6.45, 7) is 2.48. The number of hydrogen-bond acceptors (Lipinski definition) is 4. The fraction of sp³-hybridized carbons (Fsp3) is 0.214. The first-order valence-electron chi connectivity index (χ1n) is 6.00. The smallest absolute Gasteiger partial charge is 0.120 e. The lowest BCUT2D eigenvalue weighted by molar-refractivity contribution is 0.339. The van der Waals surface area contributed by atoms with Crippen molar-refractivity contribution >= 4 is 16.5 Å².